The van der Waals surface area contributed by atoms with E-state index in [1.165, 1.54) is 12.8 Å². The molecule has 3 heteroatoms. The summed E-state index contributed by atoms with van der Waals surface area (Å²) in [5, 5.41) is 22.5. The number of rotatable bonds is 3. The van der Waals surface area contributed by atoms with E-state index in [0.29, 0.717) is 11.6 Å². The van der Waals surface area contributed by atoms with Gasteiger partial charge >= 0.3 is 0 Å². The molecule has 76 valence electrons. The maximum atomic E-state index is 9.60. The molecular weight excluding hydrogens is 178 g/mol. The largest absolute Gasteiger partial charge is 0.507 e. The fourth-order valence-electron chi connectivity index (χ4n) is 1.67. The van der Waals surface area contributed by atoms with Crippen molar-refractivity contribution in [2.45, 2.75) is 31.8 Å². The average molecular weight is 193 g/mol. The van der Waals surface area contributed by atoms with Gasteiger partial charge < -0.3 is 15.5 Å². The third-order valence-corrected chi connectivity index (χ3v) is 2.56. The van der Waals surface area contributed by atoms with Crippen LogP contribution < -0.4 is 5.32 Å². The highest BCUT2D eigenvalue weighted by atomic mass is 16.3. The zero-order valence-electron chi connectivity index (χ0n) is 8.20. The molecule has 0 amide bonds. The van der Waals surface area contributed by atoms with E-state index in [1.54, 1.807) is 18.2 Å². The van der Waals surface area contributed by atoms with Crippen molar-refractivity contribution < 1.29 is 10.2 Å². The van der Waals surface area contributed by atoms with E-state index in [2.05, 4.69) is 5.32 Å². The lowest BCUT2D eigenvalue weighted by Gasteiger charge is -2.16. The molecule has 0 aliphatic heterocycles. The molecule has 1 aliphatic carbocycles. The molecule has 1 atom stereocenters. The summed E-state index contributed by atoms with van der Waals surface area (Å²) in [5.41, 5.74) is 0.597. The van der Waals surface area contributed by atoms with Gasteiger partial charge in [0, 0.05) is 12.1 Å². The van der Waals surface area contributed by atoms with Crippen molar-refractivity contribution in [2.75, 3.05) is 0 Å². The predicted molar refractivity (Wildman–Crippen MR) is 54.3 cm³/mol. The molecule has 1 unspecified atom stereocenters. The second-order valence-corrected chi connectivity index (χ2v) is 3.87. The van der Waals surface area contributed by atoms with Gasteiger partial charge in [-0.1, -0.05) is 6.07 Å². The summed E-state index contributed by atoms with van der Waals surface area (Å²) in [4.78, 5) is 0. The standard InChI is InChI=1S/C11H15NO2/c1-7(12-8-5-6-8)11-9(13)3-2-4-10(11)14/h2-4,7-8,12-14H,5-6H2,1H3. The molecule has 0 spiro atoms. The quantitative estimate of drug-likeness (QED) is 0.687. The fourth-order valence-corrected chi connectivity index (χ4v) is 1.67. The highest BCUT2D eigenvalue weighted by Gasteiger charge is 2.25. The van der Waals surface area contributed by atoms with Crippen LogP contribution in [0.25, 0.3) is 0 Å². The second kappa shape index (κ2) is 3.50. The molecule has 14 heavy (non-hydrogen) atoms. The van der Waals surface area contributed by atoms with Gasteiger partial charge in [-0.3, -0.25) is 0 Å². The Morgan fingerprint density at radius 1 is 1.29 bits per heavy atom. The lowest BCUT2D eigenvalue weighted by atomic mass is 10.1. The van der Waals surface area contributed by atoms with Crippen molar-refractivity contribution in [1.82, 2.24) is 5.32 Å². The van der Waals surface area contributed by atoms with Gasteiger partial charge in [0.25, 0.3) is 0 Å². The molecule has 1 aromatic carbocycles. The van der Waals surface area contributed by atoms with Gasteiger partial charge in [0.2, 0.25) is 0 Å². The van der Waals surface area contributed by atoms with E-state index in [9.17, 15) is 10.2 Å². The third-order valence-electron chi connectivity index (χ3n) is 2.56. The normalized spacial score (nSPS) is 18.1. The van der Waals surface area contributed by atoms with Gasteiger partial charge in [-0.2, -0.15) is 0 Å². The first-order chi connectivity index (χ1) is 6.68. The van der Waals surface area contributed by atoms with Crippen molar-refractivity contribution in [3.63, 3.8) is 0 Å². The number of hydrogen-bond acceptors (Lipinski definition) is 3. The predicted octanol–water partition coefficient (Wildman–Crippen LogP) is 1.91. The van der Waals surface area contributed by atoms with E-state index < -0.39 is 0 Å². The van der Waals surface area contributed by atoms with Crippen LogP contribution in [0.5, 0.6) is 11.5 Å². The number of hydrogen-bond donors (Lipinski definition) is 3. The van der Waals surface area contributed by atoms with E-state index in [-0.39, 0.29) is 17.5 Å². The van der Waals surface area contributed by atoms with Gasteiger partial charge in [0.15, 0.2) is 0 Å². The Kier molecular flexibility index (Phi) is 2.33. The lowest BCUT2D eigenvalue weighted by Crippen LogP contribution is -2.20. The summed E-state index contributed by atoms with van der Waals surface area (Å²) in [6.07, 6.45) is 2.39. The van der Waals surface area contributed by atoms with Gasteiger partial charge in [-0.15, -0.1) is 0 Å². The zero-order chi connectivity index (χ0) is 10.1. The van der Waals surface area contributed by atoms with Gasteiger partial charge in [0.05, 0.1) is 5.56 Å². The Morgan fingerprint density at radius 3 is 2.36 bits per heavy atom. The van der Waals surface area contributed by atoms with Gasteiger partial charge in [-0.25, -0.2) is 0 Å². The summed E-state index contributed by atoms with van der Waals surface area (Å²) in [7, 11) is 0. The molecule has 0 aromatic heterocycles. The highest BCUT2D eigenvalue weighted by Crippen LogP contribution is 2.34. The van der Waals surface area contributed by atoms with Gasteiger partial charge in [0.1, 0.15) is 11.5 Å². The molecular formula is C11H15NO2. The van der Waals surface area contributed by atoms with Crippen molar-refractivity contribution in [1.29, 1.82) is 0 Å². The summed E-state index contributed by atoms with van der Waals surface area (Å²) < 4.78 is 0. The Morgan fingerprint density at radius 2 is 1.86 bits per heavy atom. The molecule has 1 fully saturated rings. The number of aromatic hydroxyl groups is 2. The molecule has 0 radical (unpaired) electrons. The van der Waals surface area contributed by atoms with E-state index in [1.807, 2.05) is 6.92 Å². The molecule has 0 bridgehead atoms. The summed E-state index contributed by atoms with van der Waals surface area (Å²) in [5.74, 6) is 0.316. The van der Waals surface area contributed by atoms with Crippen LogP contribution in [0.4, 0.5) is 0 Å². The van der Waals surface area contributed by atoms with Crippen molar-refractivity contribution in [3.8, 4) is 11.5 Å². The first kappa shape index (κ1) is 9.34. The van der Waals surface area contributed by atoms with Crippen LogP contribution >= 0.6 is 0 Å². The number of phenolic OH excluding ortho intramolecular Hbond substituents is 2. The van der Waals surface area contributed by atoms with E-state index in [0.717, 1.165) is 0 Å². The number of benzene rings is 1. The average Bonchev–Trinajstić information content (AvgIpc) is 2.87. The van der Waals surface area contributed by atoms with Crippen LogP contribution in [0.15, 0.2) is 18.2 Å². The summed E-state index contributed by atoms with van der Waals surface area (Å²) in [6, 6.07) is 5.39. The molecule has 1 aliphatic rings. The summed E-state index contributed by atoms with van der Waals surface area (Å²) in [6.45, 7) is 1.95. The van der Waals surface area contributed by atoms with Crippen molar-refractivity contribution >= 4 is 0 Å². The van der Waals surface area contributed by atoms with Crippen molar-refractivity contribution in [2.24, 2.45) is 0 Å². The minimum absolute atomic E-state index is 0.00343. The molecule has 3 nitrogen and oxygen atoms in total. The monoisotopic (exact) mass is 193 g/mol. The second-order valence-electron chi connectivity index (χ2n) is 3.87. The van der Waals surface area contributed by atoms with Crippen molar-refractivity contribution in [3.05, 3.63) is 23.8 Å². The van der Waals surface area contributed by atoms with Crippen LogP contribution in [0, 0.1) is 0 Å². The van der Waals surface area contributed by atoms with E-state index >= 15 is 0 Å². The lowest BCUT2D eigenvalue weighted by molar-refractivity contribution is 0.418. The van der Waals surface area contributed by atoms with Crippen LogP contribution in [0.2, 0.25) is 0 Å². The minimum Gasteiger partial charge on any atom is -0.507 e. The first-order valence-electron chi connectivity index (χ1n) is 4.95. The van der Waals surface area contributed by atoms with E-state index in [4.69, 9.17) is 0 Å². The molecule has 2 rings (SSSR count). The molecule has 1 saturated carbocycles. The smallest absolute Gasteiger partial charge is 0.124 e. The Bertz CT molecular complexity index is 314. The summed E-state index contributed by atoms with van der Waals surface area (Å²) >= 11 is 0. The van der Waals surface area contributed by atoms with Crippen LogP contribution in [-0.4, -0.2) is 16.3 Å². The molecule has 0 saturated heterocycles. The zero-order valence-corrected chi connectivity index (χ0v) is 8.20. The topological polar surface area (TPSA) is 52.5 Å². The van der Waals surface area contributed by atoms with Gasteiger partial charge in [-0.05, 0) is 31.9 Å². The molecule has 1 aromatic rings. The SMILES string of the molecule is CC(NC1CC1)c1c(O)cccc1O. The molecule has 0 heterocycles. The van der Waals surface area contributed by atoms with Crippen LogP contribution in [-0.2, 0) is 0 Å². The van der Waals surface area contributed by atoms with Crippen LogP contribution in [0.3, 0.4) is 0 Å². The maximum Gasteiger partial charge on any atom is 0.124 e. The minimum atomic E-state index is 0.00343. The first-order valence-corrected chi connectivity index (χ1v) is 4.95. The number of nitrogens with one attached hydrogen (secondary N) is 1. The Balaban J connectivity index is 2.19. The third kappa shape index (κ3) is 1.82. The Hall–Kier alpha value is -1.22. The van der Waals surface area contributed by atoms with Crippen LogP contribution in [0.1, 0.15) is 31.4 Å². The maximum absolute atomic E-state index is 9.60. The fraction of sp³-hybridized carbons (Fsp3) is 0.455. The Labute approximate surface area is 83.4 Å². The molecule has 3 N–H and O–H groups in total. The number of phenols is 2. The highest BCUT2D eigenvalue weighted by molar-refractivity contribution is 5.45.